The van der Waals surface area contributed by atoms with Crippen LogP contribution in [0.3, 0.4) is 0 Å². The van der Waals surface area contributed by atoms with Crippen molar-refractivity contribution in [2.75, 3.05) is 20.8 Å². The van der Waals surface area contributed by atoms with E-state index in [4.69, 9.17) is 9.47 Å². The van der Waals surface area contributed by atoms with Gasteiger partial charge in [-0.1, -0.05) is 28.8 Å². The molecule has 3 atom stereocenters. The molecular formula is C25H31BrN4O6. The van der Waals surface area contributed by atoms with Crippen LogP contribution in [0, 0.1) is 11.8 Å². The van der Waals surface area contributed by atoms with E-state index in [1.54, 1.807) is 19.2 Å². The monoisotopic (exact) mass is 562 g/mol. The zero-order valence-corrected chi connectivity index (χ0v) is 21.9. The minimum atomic E-state index is -0.982. The summed E-state index contributed by atoms with van der Waals surface area (Å²) in [5.41, 5.74) is 1.00. The van der Waals surface area contributed by atoms with Crippen LogP contribution < -0.4 is 20.7 Å². The molecule has 2 fully saturated rings. The van der Waals surface area contributed by atoms with Gasteiger partial charge in [0.25, 0.3) is 5.91 Å². The van der Waals surface area contributed by atoms with E-state index in [0.29, 0.717) is 42.3 Å². The van der Waals surface area contributed by atoms with Gasteiger partial charge in [0.15, 0.2) is 0 Å². The highest BCUT2D eigenvalue weighted by Gasteiger charge is 2.35. The van der Waals surface area contributed by atoms with E-state index in [9.17, 15) is 19.2 Å². The van der Waals surface area contributed by atoms with Gasteiger partial charge in [-0.15, -0.1) is 0 Å². The Morgan fingerprint density at radius 1 is 1.08 bits per heavy atom. The Morgan fingerprint density at radius 2 is 1.86 bits per heavy atom. The van der Waals surface area contributed by atoms with Crippen LogP contribution >= 0.6 is 15.9 Å². The van der Waals surface area contributed by atoms with E-state index >= 15 is 0 Å². The second kappa shape index (κ2) is 11.3. The number of aromatic nitrogens is 1. The number of rotatable bonds is 10. The summed E-state index contributed by atoms with van der Waals surface area (Å²) in [4.78, 5) is 54.1. The molecule has 0 bridgehead atoms. The minimum Gasteiger partial charge on any atom is -0.496 e. The summed E-state index contributed by atoms with van der Waals surface area (Å²) in [6, 6.07) is 3.51. The minimum absolute atomic E-state index is 0.131. The highest BCUT2D eigenvalue weighted by atomic mass is 79.9. The normalized spacial score (nSPS) is 19.2. The fraction of sp³-hybridized carbons (Fsp3) is 0.520. The van der Waals surface area contributed by atoms with Gasteiger partial charge < -0.3 is 30.4 Å². The lowest BCUT2D eigenvalue weighted by atomic mass is 9.91. The number of carbonyl (C=O) groups is 4. The smallest absolute Gasteiger partial charge is 0.328 e. The van der Waals surface area contributed by atoms with Crippen LogP contribution in [0.5, 0.6) is 5.75 Å². The maximum absolute atomic E-state index is 13.3. The molecule has 4 rings (SSSR count). The molecule has 36 heavy (non-hydrogen) atoms. The first-order valence-corrected chi connectivity index (χ1v) is 12.9. The van der Waals surface area contributed by atoms with Crippen molar-refractivity contribution in [2.45, 2.75) is 50.6 Å². The Labute approximate surface area is 217 Å². The number of nitrogens with one attached hydrogen (secondary N) is 4. The van der Waals surface area contributed by atoms with Gasteiger partial charge in [-0.3, -0.25) is 14.4 Å². The molecule has 2 heterocycles. The van der Waals surface area contributed by atoms with Crippen molar-refractivity contribution in [3.05, 3.63) is 28.4 Å². The third-order valence-corrected chi connectivity index (χ3v) is 7.20. The number of hydrogen-bond donors (Lipinski definition) is 4. The first-order valence-electron chi connectivity index (χ1n) is 12.1. The first kappa shape index (κ1) is 26.0. The summed E-state index contributed by atoms with van der Waals surface area (Å²) >= 11 is 3.43. The molecule has 0 radical (unpaired) electrons. The second-order valence-electron chi connectivity index (χ2n) is 9.41. The third-order valence-electron chi connectivity index (χ3n) is 6.74. The largest absolute Gasteiger partial charge is 0.496 e. The van der Waals surface area contributed by atoms with E-state index in [0.717, 1.165) is 29.1 Å². The molecular weight excluding hydrogens is 532 g/mol. The van der Waals surface area contributed by atoms with Crippen LogP contribution in [0.1, 0.15) is 49.0 Å². The van der Waals surface area contributed by atoms with E-state index < -0.39 is 29.9 Å². The molecule has 1 aromatic carbocycles. The number of amides is 3. The number of carbonyl (C=O) groups excluding carboxylic acids is 4. The summed E-state index contributed by atoms with van der Waals surface area (Å²) < 4.78 is 11.1. The number of methoxy groups -OCH3 is 2. The van der Waals surface area contributed by atoms with E-state index in [2.05, 4.69) is 36.9 Å². The van der Waals surface area contributed by atoms with Crippen LogP contribution in [0.4, 0.5) is 0 Å². The maximum atomic E-state index is 13.3. The van der Waals surface area contributed by atoms with Gasteiger partial charge in [-0.05, 0) is 49.8 Å². The molecule has 11 heteroatoms. The molecule has 10 nitrogen and oxygen atoms in total. The molecule has 2 unspecified atom stereocenters. The Balaban J connectivity index is 1.49. The van der Waals surface area contributed by atoms with Gasteiger partial charge in [-0.25, -0.2) is 4.79 Å². The Hall–Kier alpha value is -3.08. The SMILES string of the molecule is COC(=O)C(C[C@@H]1CCCNC1=O)NC(=O)C(CC1CC1)NC(=O)c1cc2c(OC)cc(Br)cc2[nH]1. The molecule has 4 N–H and O–H groups in total. The number of aromatic amines is 1. The first-order chi connectivity index (χ1) is 17.3. The number of H-pyrrole nitrogens is 1. The van der Waals surface area contributed by atoms with Crippen LogP contribution in [-0.4, -0.2) is 61.5 Å². The van der Waals surface area contributed by atoms with Crippen LogP contribution in [0.25, 0.3) is 10.9 Å². The number of esters is 1. The zero-order valence-electron chi connectivity index (χ0n) is 20.3. The van der Waals surface area contributed by atoms with Crippen molar-refractivity contribution in [2.24, 2.45) is 11.8 Å². The second-order valence-corrected chi connectivity index (χ2v) is 10.3. The third kappa shape index (κ3) is 6.18. The molecule has 2 aromatic rings. The predicted octanol–water partition coefficient (Wildman–Crippen LogP) is 2.41. The lowest BCUT2D eigenvalue weighted by molar-refractivity contribution is -0.146. The predicted molar refractivity (Wildman–Crippen MR) is 135 cm³/mol. The molecule has 0 spiro atoms. The molecule has 3 amide bonds. The molecule has 2 aliphatic rings. The van der Waals surface area contributed by atoms with Gasteiger partial charge in [0.05, 0.1) is 19.7 Å². The summed E-state index contributed by atoms with van der Waals surface area (Å²) in [5.74, 6) is -1.11. The lowest BCUT2D eigenvalue weighted by Gasteiger charge is -2.27. The number of fused-ring (bicyclic) bond motifs is 1. The van der Waals surface area contributed by atoms with Gasteiger partial charge in [0.2, 0.25) is 11.8 Å². The van der Waals surface area contributed by atoms with Crippen molar-refractivity contribution in [3.63, 3.8) is 0 Å². The summed E-state index contributed by atoms with van der Waals surface area (Å²) in [7, 11) is 2.80. The number of ether oxygens (including phenoxy) is 2. The molecule has 194 valence electrons. The molecule has 1 saturated heterocycles. The highest BCUT2D eigenvalue weighted by Crippen LogP contribution is 2.34. The topological polar surface area (TPSA) is 139 Å². The van der Waals surface area contributed by atoms with Gasteiger partial charge >= 0.3 is 5.97 Å². The van der Waals surface area contributed by atoms with Gasteiger partial charge in [0.1, 0.15) is 23.5 Å². The number of halogens is 1. The van der Waals surface area contributed by atoms with Crippen molar-refractivity contribution in [3.8, 4) is 5.75 Å². The number of piperidine rings is 1. The summed E-state index contributed by atoms with van der Waals surface area (Å²) in [6.45, 7) is 0.608. The van der Waals surface area contributed by atoms with Crippen molar-refractivity contribution < 1.29 is 28.7 Å². The number of benzene rings is 1. The van der Waals surface area contributed by atoms with Gasteiger partial charge in [-0.2, -0.15) is 0 Å². The maximum Gasteiger partial charge on any atom is 0.328 e. The Bertz CT molecular complexity index is 1160. The fourth-order valence-corrected chi connectivity index (χ4v) is 5.03. The Kier molecular flexibility index (Phi) is 8.17. The number of hydrogen-bond acceptors (Lipinski definition) is 6. The zero-order chi connectivity index (χ0) is 25.8. The molecule has 1 aromatic heterocycles. The van der Waals surface area contributed by atoms with Gasteiger partial charge in [0, 0.05) is 22.3 Å². The van der Waals surface area contributed by atoms with Crippen LogP contribution in [0.2, 0.25) is 0 Å². The average molecular weight is 563 g/mol. The van der Waals surface area contributed by atoms with E-state index in [1.807, 2.05) is 6.07 Å². The highest BCUT2D eigenvalue weighted by molar-refractivity contribution is 9.10. The standard InChI is InChI=1S/C25H31BrN4O6/c1-35-21-11-15(26)10-17-16(21)12-19(28-17)24(33)29-18(8-13-5-6-13)23(32)30-20(25(34)36-2)9-14-4-3-7-27-22(14)31/h10-14,18,20,28H,3-9H2,1-2H3,(H,27,31)(H,29,33)(H,30,32)/t14-,18?,20?/m0/s1. The van der Waals surface area contributed by atoms with Crippen LogP contribution in [-0.2, 0) is 19.1 Å². The van der Waals surface area contributed by atoms with Crippen molar-refractivity contribution >= 4 is 50.5 Å². The molecule has 1 aliphatic carbocycles. The fourth-order valence-electron chi connectivity index (χ4n) is 4.59. The van der Waals surface area contributed by atoms with Crippen molar-refractivity contribution in [1.29, 1.82) is 0 Å². The van der Waals surface area contributed by atoms with E-state index in [1.165, 1.54) is 7.11 Å². The Morgan fingerprint density at radius 3 is 2.53 bits per heavy atom. The summed E-state index contributed by atoms with van der Waals surface area (Å²) in [6.07, 6.45) is 4.03. The van der Waals surface area contributed by atoms with Crippen molar-refractivity contribution in [1.82, 2.24) is 20.9 Å². The van der Waals surface area contributed by atoms with E-state index in [-0.39, 0.29) is 18.2 Å². The summed E-state index contributed by atoms with van der Waals surface area (Å²) in [5, 5.41) is 9.10. The average Bonchev–Trinajstić information content (AvgIpc) is 3.58. The van der Waals surface area contributed by atoms with Crippen LogP contribution in [0.15, 0.2) is 22.7 Å². The lowest BCUT2D eigenvalue weighted by Crippen LogP contribution is -2.53. The quantitative estimate of drug-likeness (QED) is 0.328. The molecule has 1 saturated carbocycles. The molecule has 1 aliphatic heterocycles.